The molecular weight excluding hydrogens is 308 g/mol. The molecule has 3 nitrogen and oxygen atoms in total. The summed E-state index contributed by atoms with van der Waals surface area (Å²) in [5, 5.41) is 4.26. The number of pyridine rings is 1. The molecule has 1 aliphatic carbocycles. The highest BCUT2D eigenvalue weighted by molar-refractivity contribution is 6.32. The normalized spacial score (nSPS) is 17.1. The molecule has 118 valence electrons. The van der Waals surface area contributed by atoms with Crippen LogP contribution in [-0.4, -0.2) is 14.8 Å². The van der Waals surface area contributed by atoms with Crippen LogP contribution in [0.15, 0.2) is 18.3 Å². The fourth-order valence-corrected chi connectivity index (χ4v) is 3.43. The number of alkyl halides is 1. The maximum atomic E-state index is 14.6. The van der Waals surface area contributed by atoms with E-state index in [4.69, 9.17) is 11.6 Å². The van der Waals surface area contributed by atoms with Gasteiger partial charge in [-0.3, -0.25) is 0 Å². The summed E-state index contributed by atoms with van der Waals surface area (Å²) in [6.07, 6.45) is 6.02. The Morgan fingerprint density at radius 3 is 2.64 bits per heavy atom. The second kappa shape index (κ2) is 5.95. The number of hydrogen-bond donors (Lipinski definition) is 0. The van der Waals surface area contributed by atoms with Crippen LogP contribution in [0.3, 0.4) is 0 Å². The molecule has 1 fully saturated rings. The third kappa shape index (κ3) is 2.86. The molecule has 0 bridgehead atoms. The summed E-state index contributed by atoms with van der Waals surface area (Å²) in [5.74, 6) is -0.412. The summed E-state index contributed by atoms with van der Waals surface area (Å²) in [5.41, 5.74) is 1.09. The van der Waals surface area contributed by atoms with Crippen molar-refractivity contribution in [3.8, 4) is 11.1 Å². The van der Waals surface area contributed by atoms with Crippen molar-refractivity contribution >= 4 is 11.6 Å². The smallest absolute Gasteiger partial charge is 0.219 e. The maximum Gasteiger partial charge on any atom is 0.219 e. The van der Waals surface area contributed by atoms with Crippen molar-refractivity contribution < 1.29 is 8.78 Å². The van der Waals surface area contributed by atoms with Crippen molar-refractivity contribution in [3.63, 3.8) is 0 Å². The molecule has 3 rings (SSSR count). The van der Waals surface area contributed by atoms with Crippen molar-refractivity contribution in [1.29, 1.82) is 0 Å². The highest BCUT2D eigenvalue weighted by atomic mass is 35.5. The van der Waals surface area contributed by atoms with Gasteiger partial charge in [-0.15, -0.1) is 0 Å². The third-order valence-corrected chi connectivity index (χ3v) is 4.74. The molecule has 2 aromatic rings. The molecule has 0 aromatic carbocycles. The summed E-state index contributed by atoms with van der Waals surface area (Å²) in [7, 11) is 0. The van der Waals surface area contributed by atoms with Gasteiger partial charge in [0.15, 0.2) is 0 Å². The number of aromatic nitrogens is 3. The lowest BCUT2D eigenvalue weighted by Gasteiger charge is -2.23. The van der Waals surface area contributed by atoms with E-state index in [2.05, 4.69) is 17.0 Å². The molecule has 0 amide bonds. The van der Waals surface area contributed by atoms with Crippen molar-refractivity contribution in [1.82, 2.24) is 14.8 Å². The monoisotopic (exact) mass is 325 g/mol. The van der Waals surface area contributed by atoms with E-state index in [0.29, 0.717) is 17.7 Å². The lowest BCUT2D eigenvalue weighted by Crippen LogP contribution is -2.21. The van der Waals surface area contributed by atoms with Crippen LogP contribution in [0.4, 0.5) is 8.78 Å². The Balaban J connectivity index is 1.90. The Hall–Kier alpha value is -1.49. The SMILES string of the molecule is CC1(Cn2ncc(-c3ccc(CF)nc3Cl)c2F)CCCC1. The minimum absolute atomic E-state index is 0.0979. The van der Waals surface area contributed by atoms with E-state index >= 15 is 0 Å². The van der Waals surface area contributed by atoms with Gasteiger partial charge in [-0.25, -0.2) is 14.1 Å². The van der Waals surface area contributed by atoms with E-state index in [1.54, 1.807) is 6.07 Å². The van der Waals surface area contributed by atoms with Crippen molar-refractivity contribution in [3.05, 3.63) is 35.1 Å². The molecule has 0 spiro atoms. The average molecular weight is 326 g/mol. The summed E-state index contributed by atoms with van der Waals surface area (Å²) in [6.45, 7) is 2.04. The molecule has 1 aliphatic rings. The third-order valence-electron chi connectivity index (χ3n) is 4.45. The second-order valence-electron chi connectivity index (χ2n) is 6.30. The van der Waals surface area contributed by atoms with E-state index in [1.807, 2.05) is 0 Å². The molecular formula is C16H18ClF2N3. The van der Waals surface area contributed by atoms with E-state index < -0.39 is 12.6 Å². The number of rotatable bonds is 4. The van der Waals surface area contributed by atoms with Crippen LogP contribution < -0.4 is 0 Å². The van der Waals surface area contributed by atoms with Gasteiger partial charge < -0.3 is 0 Å². The number of nitrogens with zero attached hydrogens (tertiary/aromatic N) is 3. The van der Waals surface area contributed by atoms with Gasteiger partial charge >= 0.3 is 0 Å². The lowest BCUT2D eigenvalue weighted by molar-refractivity contribution is 0.249. The first-order chi connectivity index (χ1) is 10.5. The van der Waals surface area contributed by atoms with Gasteiger partial charge in [-0.2, -0.15) is 9.49 Å². The van der Waals surface area contributed by atoms with Gasteiger partial charge in [-0.1, -0.05) is 31.4 Å². The predicted octanol–water partition coefficient (Wildman–Crippen LogP) is 4.79. The topological polar surface area (TPSA) is 30.7 Å². The first kappa shape index (κ1) is 15.4. The van der Waals surface area contributed by atoms with Crippen LogP contribution in [0.5, 0.6) is 0 Å². The van der Waals surface area contributed by atoms with Gasteiger partial charge in [0.2, 0.25) is 5.95 Å². The summed E-state index contributed by atoms with van der Waals surface area (Å²) in [6, 6.07) is 3.10. The molecule has 2 heterocycles. The van der Waals surface area contributed by atoms with Gasteiger partial charge in [0.25, 0.3) is 0 Å². The number of hydrogen-bond acceptors (Lipinski definition) is 2. The summed E-state index contributed by atoms with van der Waals surface area (Å²) >= 11 is 6.04. The zero-order valence-electron chi connectivity index (χ0n) is 12.5. The van der Waals surface area contributed by atoms with Crippen LogP contribution in [0.25, 0.3) is 11.1 Å². The number of halogens is 3. The van der Waals surface area contributed by atoms with Gasteiger partial charge in [0, 0.05) is 12.1 Å². The fraction of sp³-hybridized carbons (Fsp3) is 0.500. The Bertz CT molecular complexity index is 678. The fourth-order valence-electron chi connectivity index (χ4n) is 3.16. The summed E-state index contributed by atoms with van der Waals surface area (Å²) < 4.78 is 28.6. The molecule has 22 heavy (non-hydrogen) atoms. The minimum atomic E-state index is -0.694. The lowest BCUT2D eigenvalue weighted by atomic mass is 9.89. The molecule has 0 radical (unpaired) electrons. The van der Waals surface area contributed by atoms with Crippen LogP contribution in [-0.2, 0) is 13.2 Å². The first-order valence-electron chi connectivity index (χ1n) is 7.45. The Morgan fingerprint density at radius 1 is 1.27 bits per heavy atom. The second-order valence-corrected chi connectivity index (χ2v) is 6.66. The molecule has 0 N–H and O–H groups in total. The maximum absolute atomic E-state index is 14.6. The van der Waals surface area contributed by atoms with Gasteiger partial charge in [0.05, 0.1) is 17.5 Å². The average Bonchev–Trinajstić information content (AvgIpc) is 3.07. The van der Waals surface area contributed by atoms with Gasteiger partial charge in [-0.05, 0) is 30.4 Å². The molecule has 1 saturated carbocycles. The van der Waals surface area contributed by atoms with Crippen molar-refractivity contribution in [2.75, 3.05) is 0 Å². The largest absolute Gasteiger partial charge is 0.244 e. The molecule has 0 saturated heterocycles. The van der Waals surface area contributed by atoms with Crippen LogP contribution >= 0.6 is 11.6 Å². The molecule has 0 aliphatic heterocycles. The molecule has 0 unspecified atom stereocenters. The van der Waals surface area contributed by atoms with E-state index in [-0.39, 0.29) is 16.3 Å². The van der Waals surface area contributed by atoms with Crippen molar-refractivity contribution in [2.24, 2.45) is 5.41 Å². The summed E-state index contributed by atoms with van der Waals surface area (Å²) in [4.78, 5) is 3.92. The highest BCUT2D eigenvalue weighted by Gasteiger charge is 2.30. The van der Waals surface area contributed by atoms with E-state index in [1.165, 1.54) is 29.8 Å². The van der Waals surface area contributed by atoms with Gasteiger partial charge in [0.1, 0.15) is 11.8 Å². The zero-order valence-corrected chi connectivity index (χ0v) is 13.2. The van der Waals surface area contributed by atoms with Crippen molar-refractivity contribution in [2.45, 2.75) is 45.8 Å². The Morgan fingerprint density at radius 2 is 2.00 bits per heavy atom. The highest BCUT2D eigenvalue weighted by Crippen LogP contribution is 2.39. The molecule has 6 heteroatoms. The van der Waals surface area contributed by atoms with E-state index in [9.17, 15) is 8.78 Å². The predicted molar refractivity (Wildman–Crippen MR) is 81.8 cm³/mol. The van der Waals surface area contributed by atoms with Crippen LogP contribution in [0.1, 0.15) is 38.3 Å². The first-order valence-corrected chi connectivity index (χ1v) is 7.83. The minimum Gasteiger partial charge on any atom is -0.244 e. The van der Waals surface area contributed by atoms with Crippen LogP contribution in [0.2, 0.25) is 5.15 Å². The Kier molecular flexibility index (Phi) is 4.17. The molecule has 2 aromatic heterocycles. The zero-order chi connectivity index (χ0) is 15.7. The molecule has 0 atom stereocenters. The van der Waals surface area contributed by atoms with Crippen LogP contribution in [0, 0.1) is 11.4 Å². The standard InChI is InChI=1S/C16H18ClF2N3/c1-16(6-2-3-7-16)10-22-15(19)13(9-20-22)12-5-4-11(8-18)21-14(12)17/h4-5,9H,2-3,6-8,10H2,1H3. The van der Waals surface area contributed by atoms with E-state index in [0.717, 1.165) is 12.8 Å². The quantitative estimate of drug-likeness (QED) is 0.757. The Labute approximate surface area is 133 Å².